The fraction of sp³-hybridized carbons (Fsp3) is 0.150. The van der Waals surface area contributed by atoms with E-state index in [1.54, 1.807) is 11.0 Å². The van der Waals surface area contributed by atoms with E-state index in [-0.39, 0.29) is 42.7 Å². The number of ketones is 1. The third-order valence-corrected chi connectivity index (χ3v) is 3.98. The van der Waals surface area contributed by atoms with E-state index in [4.69, 9.17) is 15.3 Å². The van der Waals surface area contributed by atoms with Crippen molar-refractivity contribution in [3.63, 3.8) is 0 Å². The van der Waals surface area contributed by atoms with Gasteiger partial charge in [0.25, 0.3) is 0 Å². The van der Waals surface area contributed by atoms with E-state index in [2.05, 4.69) is 0 Å². The van der Waals surface area contributed by atoms with Gasteiger partial charge in [0.05, 0.1) is 36.4 Å². The number of benzene rings is 2. The minimum absolute atomic E-state index is 0.0251. The van der Waals surface area contributed by atoms with E-state index in [0.29, 0.717) is 11.1 Å². The van der Waals surface area contributed by atoms with Gasteiger partial charge in [-0.15, -0.1) is 0 Å². The van der Waals surface area contributed by atoms with E-state index in [9.17, 15) is 9.90 Å². The average molecular weight is 345 g/mol. The molecule has 0 saturated carbocycles. The fourth-order valence-corrected chi connectivity index (χ4v) is 2.74. The number of Topliss-reactive ketones (excluding diaryl/α,β-unsaturated/α-hetero) is 1. The molecule has 128 valence electrons. The van der Waals surface area contributed by atoms with Crippen molar-refractivity contribution in [3.05, 3.63) is 64.9 Å². The number of ether oxygens (including phenoxy) is 1. The number of nitriles is 2. The molecule has 0 unspecified atom stereocenters. The normalized spacial score (nSPS) is 14.0. The monoisotopic (exact) mass is 345 g/mol. The van der Waals surface area contributed by atoms with Gasteiger partial charge in [-0.2, -0.15) is 10.5 Å². The highest BCUT2D eigenvalue weighted by molar-refractivity contribution is 6.15. The van der Waals surface area contributed by atoms with Crippen LogP contribution in [0.1, 0.15) is 21.5 Å². The zero-order chi connectivity index (χ0) is 18.5. The van der Waals surface area contributed by atoms with Crippen molar-refractivity contribution >= 4 is 11.9 Å². The minimum Gasteiger partial charge on any atom is -0.507 e. The summed E-state index contributed by atoms with van der Waals surface area (Å²) < 4.78 is 5.75. The Hall–Kier alpha value is -3.61. The molecule has 1 aliphatic rings. The third kappa shape index (κ3) is 3.41. The standard InChI is InChI=1S/C20H15N3O3/c21-8-10-23(11-9-22)13-16-17(24)7-6-15-19(25)18(26-20(15)16)12-14-4-2-1-3-5-14/h1-7,12,24H,10-11,13H2/b18-12+. The summed E-state index contributed by atoms with van der Waals surface area (Å²) in [6, 6.07) is 16.2. The molecule has 26 heavy (non-hydrogen) atoms. The predicted octanol–water partition coefficient (Wildman–Crippen LogP) is 2.86. The molecule has 1 N–H and O–H groups in total. The first-order valence-electron chi connectivity index (χ1n) is 7.94. The van der Waals surface area contributed by atoms with Crippen LogP contribution in [0.2, 0.25) is 0 Å². The summed E-state index contributed by atoms with van der Waals surface area (Å²) in [7, 11) is 0. The number of phenolic OH excluding ortho intramolecular Hbond substituents is 1. The topological polar surface area (TPSA) is 97.3 Å². The molecule has 0 saturated heterocycles. The first kappa shape index (κ1) is 17.2. The number of hydrogen-bond acceptors (Lipinski definition) is 6. The van der Waals surface area contributed by atoms with Crippen LogP contribution in [-0.2, 0) is 6.54 Å². The third-order valence-electron chi connectivity index (χ3n) is 3.98. The van der Waals surface area contributed by atoms with Gasteiger partial charge in [0.2, 0.25) is 5.78 Å². The van der Waals surface area contributed by atoms with E-state index in [0.717, 1.165) is 5.56 Å². The van der Waals surface area contributed by atoms with Crippen LogP contribution in [-0.4, -0.2) is 28.9 Å². The predicted molar refractivity (Wildman–Crippen MR) is 94.0 cm³/mol. The Morgan fingerprint density at radius 2 is 1.77 bits per heavy atom. The number of fused-ring (bicyclic) bond motifs is 1. The molecule has 6 heteroatoms. The SMILES string of the molecule is N#CCN(CC#N)Cc1c(O)ccc2c1O/C(=C/c1ccccc1)C2=O. The first-order valence-corrected chi connectivity index (χ1v) is 7.94. The largest absolute Gasteiger partial charge is 0.507 e. The molecule has 6 nitrogen and oxygen atoms in total. The fourth-order valence-electron chi connectivity index (χ4n) is 2.74. The van der Waals surface area contributed by atoms with Crippen molar-refractivity contribution in [2.24, 2.45) is 0 Å². The Morgan fingerprint density at radius 1 is 1.08 bits per heavy atom. The second kappa shape index (κ2) is 7.52. The molecular formula is C20H15N3O3. The van der Waals surface area contributed by atoms with Crippen molar-refractivity contribution < 1.29 is 14.6 Å². The van der Waals surface area contributed by atoms with E-state index < -0.39 is 0 Å². The number of rotatable bonds is 5. The van der Waals surface area contributed by atoms with Crippen LogP contribution >= 0.6 is 0 Å². The molecule has 0 spiro atoms. The second-order valence-corrected chi connectivity index (χ2v) is 5.75. The number of allylic oxidation sites excluding steroid dienone is 1. The first-order chi connectivity index (χ1) is 12.6. The van der Waals surface area contributed by atoms with Crippen molar-refractivity contribution in [1.82, 2.24) is 4.90 Å². The Balaban J connectivity index is 1.96. The maximum Gasteiger partial charge on any atom is 0.231 e. The van der Waals surface area contributed by atoms with Gasteiger partial charge in [-0.25, -0.2) is 0 Å². The summed E-state index contributed by atoms with van der Waals surface area (Å²) in [5.74, 6) is 0.138. The minimum atomic E-state index is -0.266. The van der Waals surface area contributed by atoms with Gasteiger partial charge >= 0.3 is 0 Å². The molecule has 1 heterocycles. The summed E-state index contributed by atoms with van der Waals surface area (Å²) in [6.07, 6.45) is 1.64. The molecule has 0 aromatic heterocycles. The molecule has 2 aromatic carbocycles. The highest BCUT2D eigenvalue weighted by atomic mass is 16.5. The quantitative estimate of drug-likeness (QED) is 0.661. The van der Waals surface area contributed by atoms with Crippen LogP contribution in [0, 0.1) is 22.7 Å². The lowest BCUT2D eigenvalue weighted by atomic mass is 10.0. The maximum absolute atomic E-state index is 12.6. The van der Waals surface area contributed by atoms with Gasteiger partial charge in [-0.05, 0) is 23.8 Å². The molecular weight excluding hydrogens is 330 g/mol. The van der Waals surface area contributed by atoms with Crippen LogP contribution in [0.25, 0.3) is 6.08 Å². The average Bonchev–Trinajstić information content (AvgIpc) is 2.95. The Labute approximate surface area is 150 Å². The Bertz CT molecular complexity index is 937. The number of aromatic hydroxyl groups is 1. The van der Waals surface area contributed by atoms with Gasteiger partial charge in [0.15, 0.2) is 5.76 Å². The van der Waals surface area contributed by atoms with E-state index in [1.807, 2.05) is 42.5 Å². The summed E-state index contributed by atoms with van der Waals surface area (Å²) in [4.78, 5) is 14.2. The van der Waals surface area contributed by atoms with Crippen molar-refractivity contribution in [3.8, 4) is 23.6 Å². The molecule has 0 bridgehead atoms. The lowest BCUT2D eigenvalue weighted by Gasteiger charge is -2.17. The van der Waals surface area contributed by atoms with Crippen molar-refractivity contribution in [2.45, 2.75) is 6.54 Å². The van der Waals surface area contributed by atoms with Gasteiger partial charge < -0.3 is 9.84 Å². The molecule has 0 radical (unpaired) electrons. The number of carbonyl (C=O) groups excluding carboxylic acids is 1. The van der Waals surface area contributed by atoms with Crippen LogP contribution in [0.15, 0.2) is 48.2 Å². The Kier molecular flexibility index (Phi) is 4.98. The smallest absolute Gasteiger partial charge is 0.231 e. The van der Waals surface area contributed by atoms with Gasteiger partial charge in [0, 0.05) is 6.54 Å². The molecule has 2 aromatic rings. The number of nitrogens with zero attached hydrogens (tertiary/aromatic N) is 3. The van der Waals surface area contributed by atoms with Crippen molar-refractivity contribution in [1.29, 1.82) is 10.5 Å². The van der Waals surface area contributed by atoms with E-state index in [1.165, 1.54) is 12.1 Å². The number of phenols is 1. The van der Waals surface area contributed by atoms with Crippen LogP contribution < -0.4 is 4.74 Å². The van der Waals surface area contributed by atoms with Crippen LogP contribution in [0.5, 0.6) is 11.5 Å². The van der Waals surface area contributed by atoms with Crippen LogP contribution in [0.4, 0.5) is 0 Å². The summed E-state index contributed by atoms with van der Waals surface area (Å²) in [5, 5.41) is 28.0. The second-order valence-electron chi connectivity index (χ2n) is 5.75. The summed E-state index contributed by atoms with van der Waals surface area (Å²) in [5.41, 5.74) is 1.57. The molecule has 0 atom stereocenters. The maximum atomic E-state index is 12.6. The molecule has 0 aliphatic carbocycles. The van der Waals surface area contributed by atoms with Gasteiger partial charge in [-0.3, -0.25) is 9.69 Å². The lowest BCUT2D eigenvalue weighted by molar-refractivity contribution is 0.101. The summed E-state index contributed by atoms with van der Waals surface area (Å²) >= 11 is 0. The van der Waals surface area contributed by atoms with Gasteiger partial charge in [-0.1, -0.05) is 30.3 Å². The van der Waals surface area contributed by atoms with Gasteiger partial charge in [0.1, 0.15) is 11.5 Å². The molecule has 0 fully saturated rings. The zero-order valence-electron chi connectivity index (χ0n) is 13.8. The summed E-state index contributed by atoms with van der Waals surface area (Å²) in [6.45, 7) is 0.177. The highest BCUT2D eigenvalue weighted by Gasteiger charge is 2.31. The molecule has 3 rings (SSSR count). The van der Waals surface area contributed by atoms with Crippen molar-refractivity contribution in [2.75, 3.05) is 13.1 Å². The zero-order valence-corrected chi connectivity index (χ0v) is 13.8. The highest BCUT2D eigenvalue weighted by Crippen LogP contribution is 2.40. The molecule has 1 aliphatic heterocycles. The lowest BCUT2D eigenvalue weighted by Crippen LogP contribution is -2.24. The number of carbonyl (C=O) groups is 1. The van der Waals surface area contributed by atoms with E-state index >= 15 is 0 Å². The molecule has 0 amide bonds. The number of hydrogen-bond donors (Lipinski definition) is 1. The van der Waals surface area contributed by atoms with Crippen LogP contribution in [0.3, 0.4) is 0 Å². The Morgan fingerprint density at radius 3 is 2.42 bits per heavy atom.